The van der Waals surface area contributed by atoms with Crippen molar-refractivity contribution in [1.82, 2.24) is 9.80 Å². The molecule has 0 aliphatic rings. The summed E-state index contributed by atoms with van der Waals surface area (Å²) in [6.07, 6.45) is 0.770. The molecule has 0 aliphatic heterocycles. The number of carbonyl (C=O) groups is 2. The van der Waals surface area contributed by atoms with E-state index in [0.29, 0.717) is 13.1 Å². The minimum absolute atomic E-state index is 0.0217. The predicted octanol–water partition coefficient (Wildman–Crippen LogP) is 2.08. The van der Waals surface area contributed by atoms with E-state index in [1.807, 2.05) is 37.3 Å². The van der Waals surface area contributed by atoms with E-state index in [9.17, 15) is 9.59 Å². The maximum Gasteiger partial charge on any atom is 0.319 e. The molecule has 0 atom stereocenters. The summed E-state index contributed by atoms with van der Waals surface area (Å²) in [6.45, 7) is 3.24. The molecule has 20 heavy (non-hydrogen) atoms. The number of likely N-dealkylation sites (N-methyl/N-ethyl adjacent to an activating group) is 1. The van der Waals surface area contributed by atoms with E-state index in [-0.39, 0.29) is 19.0 Å². The van der Waals surface area contributed by atoms with Crippen LogP contribution in [0.1, 0.15) is 18.9 Å². The van der Waals surface area contributed by atoms with Gasteiger partial charge in [0.25, 0.3) is 0 Å². The third-order valence-corrected chi connectivity index (χ3v) is 3.15. The molecule has 5 heteroatoms. The van der Waals surface area contributed by atoms with Gasteiger partial charge in [0.2, 0.25) is 0 Å². The molecule has 1 aromatic carbocycles. The number of amides is 2. The van der Waals surface area contributed by atoms with Crippen LogP contribution in [0.5, 0.6) is 0 Å². The molecule has 0 unspecified atom stereocenters. The number of hydrogen-bond donors (Lipinski definition) is 1. The van der Waals surface area contributed by atoms with Gasteiger partial charge in [-0.3, -0.25) is 4.79 Å². The second-order valence-electron chi connectivity index (χ2n) is 4.66. The minimum Gasteiger partial charge on any atom is -0.481 e. The lowest BCUT2D eigenvalue weighted by Gasteiger charge is -2.26. The maximum atomic E-state index is 12.2. The Morgan fingerprint density at radius 1 is 1.15 bits per heavy atom. The van der Waals surface area contributed by atoms with E-state index in [2.05, 4.69) is 0 Å². The number of carbonyl (C=O) groups excluding carboxylic acids is 1. The second-order valence-corrected chi connectivity index (χ2v) is 4.66. The zero-order chi connectivity index (χ0) is 15.0. The quantitative estimate of drug-likeness (QED) is 0.830. The fourth-order valence-electron chi connectivity index (χ4n) is 1.90. The molecular weight excluding hydrogens is 256 g/mol. The summed E-state index contributed by atoms with van der Waals surface area (Å²) < 4.78 is 0. The number of aliphatic carboxylic acids is 1. The van der Waals surface area contributed by atoms with Crippen LogP contribution in [-0.4, -0.2) is 53.6 Å². The molecule has 0 heterocycles. The topological polar surface area (TPSA) is 60.9 Å². The van der Waals surface area contributed by atoms with Crippen LogP contribution in [0, 0.1) is 0 Å². The molecular formula is C15H22N2O3. The van der Waals surface area contributed by atoms with Crippen LogP contribution in [0.3, 0.4) is 0 Å². The summed E-state index contributed by atoms with van der Waals surface area (Å²) in [4.78, 5) is 25.9. The van der Waals surface area contributed by atoms with Gasteiger partial charge in [-0.15, -0.1) is 0 Å². The number of rotatable bonds is 7. The Hall–Kier alpha value is -2.04. The van der Waals surface area contributed by atoms with Crippen molar-refractivity contribution < 1.29 is 14.7 Å². The van der Waals surface area contributed by atoms with Crippen LogP contribution < -0.4 is 0 Å². The Bertz CT molecular complexity index is 434. The molecule has 0 aromatic heterocycles. The molecule has 0 radical (unpaired) electrons. The monoisotopic (exact) mass is 278 g/mol. The van der Waals surface area contributed by atoms with Gasteiger partial charge in [-0.05, 0) is 18.9 Å². The SMILES string of the molecule is CCN(CCC(=O)O)C(=O)N(C)CCc1ccccc1. The molecule has 1 aromatic rings. The zero-order valence-electron chi connectivity index (χ0n) is 12.1. The molecule has 0 saturated carbocycles. The number of urea groups is 1. The zero-order valence-corrected chi connectivity index (χ0v) is 12.1. The average Bonchev–Trinajstić information content (AvgIpc) is 2.46. The van der Waals surface area contributed by atoms with Crippen molar-refractivity contribution in [2.45, 2.75) is 19.8 Å². The van der Waals surface area contributed by atoms with Crippen LogP contribution in [0.15, 0.2) is 30.3 Å². The van der Waals surface area contributed by atoms with Gasteiger partial charge in [-0.1, -0.05) is 30.3 Å². The number of nitrogens with zero attached hydrogens (tertiary/aromatic N) is 2. The Balaban J connectivity index is 2.46. The lowest BCUT2D eigenvalue weighted by molar-refractivity contribution is -0.137. The predicted molar refractivity (Wildman–Crippen MR) is 77.7 cm³/mol. The standard InChI is InChI=1S/C15H22N2O3/c1-3-17(12-10-14(18)19)15(20)16(2)11-9-13-7-5-4-6-8-13/h4-8H,3,9-12H2,1-2H3,(H,18,19). The van der Waals surface area contributed by atoms with E-state index in [1.165, 1.54) is 5.56 Å². The van der Waals surface area contributed by atoms with Gasteiger partial charge in [0.15, 0.2) is 0 Å². The van der Waals surface area contributed by atoms with E-state index < -0.39 is 5.97 Å². The largest absolute Gasteiger partial charge is 0.481 e. The minimum atomic E-state index is -0.886. The number of hydrogen-bond acceptors (Lipinski definition) is 2. The molecule has 1 rings (SSSR count). The van der Waals surface area contributed by atoms with Crippen LogP contribution in [0.4, 0.5) is 4.79 Å². The van der Waals surface area contributed by atoms with Crippen LogP contribution in [0.25, 0.3) is 0 Å². The normalized spacial score (nSPS) is 10.1. The summed E-state index contributed by atoms with van der Waals surface area (Å²) in [5.41, 5.74) is 1.18. The Kier molecular flexibility index (Phi) is 6.56. The van der Waals surface area contributed by atoms with Gasteiger partial charge in [0.05, 0.1) is 6.42 Å². The number of benzene rings is 1. The third-order valence-electron chi connectivity index (χ3n) is 3.15. The molecule has 0 aliphatic carbocycles. The van der Waals surface area contributed by atoms with Crippen molar-refractivity contribution in [2.24, 2.45) is 0 Å². The molecule has 0 bridgehead atoms. The first-order chi connectivity index (χ1) is 9.54. The van der Waals surface area contributed by atoms with E-state index in [0.717, 1.165) is 6.42 Å². The highest BCUT2D eigenvalue weighted by Crippen LogP contribution is 2.03. The first-order valence-corrected chi connectivity index (χ1v) is 6.80. The first-order valence-electron chi connectivity index (χ1n) is 6.80. The van der Waals surface area contributed by atoms with Gasteiger partial charge < -0.3 is 14.9 Å². The lowest BCUT2D eigenvalue weighted by atomic mass is 10.1. The highest BCUT2D eigenvalue weighted by atomic mass is 16.4. The van der Waals surface area contributed by atoms with Crippen molar-refractivity contribution in [3.05, 3.63) is 35.9 Å². The van der Waals surface area contributed by atoms with Gasteiger partial charge in [0, 0.05) is 26.7 Å². The van der Waals surface area contributed by atoms with Gasteiger partial charge in [-0.2, -0.15) is 0 Å². The Morgan fingerprint density at radius 3 is 2.35 bits per heavy atom. The van der Waals surface area contributed by atoms with Crippen LogP contribution in [-0.2, 0) is 11.2 Å². The molecule has 0 spiro atoms. The van der Waals surface area contributed by atoms with Gasteiger partial charge in [0.1, 0.15) is 0 Å². The molecule has 1 N–H and O–H groups in total. The summed E-state index contributed by atoms with van der Waals surface area (Å²) in [5.74, 6) is -0.886. The number of carboxylic acid groups (broad SMARTS) is 1. The van der Waals surface area contributed by atoms with Gasteiger partial charge >= 0.3 is 12.0 Å². The molecule has 110 valence electrons. The Labute approximate surface area is 119 Å². The van der Waals surface area contributed by atoms with E-state index in [4.69, 9.17) is 5.11 Å². The second kappa shape index (κ2) is 8.19. The highest BCUT2D eigenvalue weighted by Gasteiger charge is 2.16. The summed E-state index contributed by atoms with van der Waals surface area (Å²) in [6, 6.07) is 9.85. The van der Waals surface area contributed by atoms with Gasteiger partial charge in [-0.25, -0.2) is 4.79 Å². The van der Waals surface area contributed by atoms with Crippen molar-refractivity contribution in [3.8, 4) is 0 Å². The molecule has 2 amide bonds. The summed E-state index contributed by atoms with van der Waals surface area (Å²) in [5, 5.41) is 8.68. The molecule has 5 nitrogen and oxygen atoms in total. The smallest absolute Gasteiger partial charge is 0.319 e. The lowest BCUT2D eigenvalue weighted by Crippen LogP contribution is -2.42. The van der Waals surface area contributed by atoms with Crippen molar-refractivity contribution in [3.63, 3.8) is 0 Å². The van der Waals surface area contributed by atoms with Crippen LogP contribution >= 0.6 is 0 Å². The summed E-state index contributed by atoms with van der Waals surface area (Å²) in [7, 11) is 1.74. The fraction of sp³-hybridized carbons (Fsp3) is 0.467. The fourth-order valence-corrected chi connectivity index (χ4v) is 1.90. The number of carboxylic acids is 1. The van der Waals surface area contributed by atoms with E-state index >= 15 is 0 Å². The average molecular weight is 278 g/mol. The van der Waals surface area contributed by atoms with Crippen molar-refractivity contribution in [2.75, 3.05) is 26.7 Å². The molecule has 0 saturated heterocycles. The van der Waals surface area contributed by atoms with E-state index in [1.54, 1.807) is 16.8 Å². The highest BCUT2D eigenvalue weighted by molar-refractivity contribution is 5.75. The molecule has 0 fully saturated rings. The summed E-state index contributed by atoms with van der Waals surface area (Å²) >= 11 is 0. The Morgan fingerprint density at radius 2 is 1.80 bits per heavy atom. The maximum absolute atomic E-state index is 12.2. The van der Waals surface area contributed by atoms with Crippen molar-refractivity contribution >= 4 is 12.0 Å². The first kappa shape index (κ1) is 16.0. The third kappa shape index (κ3) is 5.30. The van der Waals surface area contributed by atoms with Crippen LogP contribution in [0.2, 0.25) is 0 Å². The van der Waals surface area contributed by atoms with Crippen molar-refractivity contribution in [1.29, 1.82) is 0 Å².